The fourth-order valence-corrected chi connectivity index (χ4v) is 2.89. The van der Waals surface area contributed by atoms with Crippen molar-refractivity contribution in [2.45, 2.75) is 18.4 Å². The van der Waals surface area contributed by atoms with Crippen LogP contribution in [0.2, 0.25) is 0 Å². The van der Waals surface area contributed by atoms with Crippen molar-refractivity contribution in [2.75, 3.05) is 27.2 Å². The molecule has 140 valence electrons. The van der Waals surface area contributed by atoms with Gasteiger partial charge in [-0.25, -0.2) is 4.39 Å². The molecule has 0 radical (unpaired) electrons. The molecule has 1 N–H and O–H groups in total. The van der Waals surface area contributed by atoms with Gasteiger partial charge >= 0.3 is 0 Å². The first kappa shape index (κ1) is 20.5. The van der Waals surface area contributed by atoms with Crippen LogP contribution in [0.1, 0.15) is 17.9 Å². The second-order valence-corrected chi connectivity index (χ2v) is 6.25. The van der Waals surface area contributed by atoms with Crippen LogP contribution >= 0.6 is 24.0 Å². The molecule has 0 aromatic heterocycles. The van der Waals surface area contributed by atoms with Crippen molar-refractivity contribution in [2.24, 2.45) is 4.99 Å². The van der Waals surface area contributed by atoms with Crippen LogP contribution in [0, 0.1) is 5.82 Å². The van der Waals surface area contributed by atoms with E-state index in [-0.39, 0.29) is 35.5 Å². The third-order valence-electron chi connectivity index (χ3n) is 4.43. The second kappa shape index (κ2) is 9.75. The Balaban J connectivity index is 0.00000243. The quantitative estimate of drug-likeness (QED) is 0.397. The Morgan fingerprint density at radius 1 is 1.19 bits per heavy atom. The van der Waals surface area contributed by atoms with Crippen LogP contribution in [-0.4, -0.2) is 44.1 Å². The van der Waals surface area contributed by atoms with E-state index in [9.17, 15) is 4.39 Å². The van der Waals surface area contributed by atoms with Gasteiger partial charge < -0.3 is 15.0 Å². The molecule has 26 heavy (non-hydrogen) atoms. The van der Waals surface area contributed by atoms with Crippen molar-refractivity contribution in [3.63, 3.8) is 0 Å². The van der Waals surface area contributed by atoms with Crippen LogP contribution < -0.4 is 10.1 Å². The predicted molar refractivity (Wildman–Crippen MR) is 114 cm³/mol. The number of guanidine groups is 1. The molecular weight excluding hydrogens is 444 g/mol. The summed E-state index contributed by atoms with van der Waals surface area (Å²) >= 11 is 0. The van der Waals surface area contributed by atoms with E-state index >= 15 is 0 Å². The van der Waals surface area contributed by atoms with E-state index in [0.717, 1.165) is 12.4 Å². The summed E-state index contributed by atoms with van der Waals surface area (Å²) in [6.07, 6.45) is 1.11. The van der Waals surface area contributed by atoms with Gasteiger partial charge in [-0.2, -0.15) is 0 Å². The second-order valence-electron chi connectivity index (χ2n) is 6.25. The molecule has 1 aliphatic carbocycles. The van der Waals surface area contributed by atoms with Crippen LogP contribution in [-0.2, 0) is 0 Å². The maximum Gasteiger partial charge on any atom is 0.193 e. The molecule has 2 atom stereocenters. The van der Waals surface area contributed by atoms with Crippen molar-refractivity contribution in [3.8, 4) is 5.75 Å². The van der Waals surface area contributed by atoms with Crippen molar-refractivity contribution >= 4 is 29.9 Å². The van der Waals surface area contributed by atoms with Crippen molar-refractivity contribution in [3.05, 3.63) is 66.0 Å². The largest absolute Gasteiger partial charge is 0.489 e. The van der Waals surface area contributed by atoms with Crippen LogP contribution in [0.4, 0.5) is 4.39 Å². The molecule has 0 heterocycles. The van der Waals surface area contributed by atoms with Gasteiger partial charge in [-0.3, -0.25) is 4.99 Å². The smallest absolute Gasteiger partial charge is 0.193 e. The zero-order valence-electron chi connectivity index (χ0n) is 15.1. The minimum Gasteiger partial charge on any atom is -0.489 e. The molecule has 2 aromatic carbocycles. The third-order valence-corrected chi connectivity index (χ3v) is 4.43. The van der Waals surface area contributed by atoms with Gasteiger partial charge in [0, 0.05) is 26.1 Å². The highest BCUT2D eigenvalue weighted by Gasteiger charge is 2.39. The Kier molecular flexibility index (Phi) is 7.68. The number of halogens is 2. The molecule has 0 saturated heterocycles. The van der Waals surface area contributed by atoms with Crippen molar-refractivity contribution in [1.82, 2.24) is 10.2 Å². The SMILES string of the molecule is CN=C(NC1CC1c1ccccc1)N(C)CCOc1ccccc1F.I. The van der Waals surface area contributed by atoms with Gasteiger partial charge in [0.2, 0.25) is 0 Å². The minimum atomic E-state index is -0.337. The van der Waals surface area contributed by atoms with E-state index in [1.807, 2.05) is 18.0 Å². The van der Waals surface area contributed by atoms with E-state index < -0.39 is 0 Å². The molecular formula is C20H25FIN3O. The highest BCUT2D eigenvalue weighted by molar-refractivity contribution is 14.0. The first-order valence-corrected chi connectivity index (χ1v) is 8.55. The maximum absolute atomic E-state index is 13.5. The normalized spacial score (nSPS) is 18.7. The Morgan fingerprint density at radius 2 is 1.88 bits per heavy atom. The monoisotopic (exact) mass is 469 g/mol. The van der Waals surface area contributed by atoms with Crippen LogP contribution in [0.15, 0.2) is 59.6 Å². The van der Waals surface area contributed by atoms with Crippen molar-refractivity contribution < 1.29 is 9.13 Å². The Morgan fingerprint density at radius 3 is 2.58 bits per heavy atom. The summed E-state index contributed by atoms with van der Waals surface area (Å²) in [4.78, 5) is 6.34. The lowest BCUT2D eigenvalue weighted by Crippen LogP contribution is -2.42. The summed E-state index contributed by atoms with van der Waals surface area (Å²) in [6.45, 7) is 1.02. The molecule has 0 aliphatic heterocycles. The Hall–Kier alpha value is -1.83. The van der Waals surface area contributed by atoms with Gasteiger partial charge in [-0.05, 0) is 24.1 Å². The number of ether oxygens (including phenoxy) is 1. The zero-order chi connectivity index (χ0) is 17.6. The summed E-state index contributed by atoms with van der Waals surface area (Å²) in [5.41, 5.74) is 1.36. The number of hydrogen-bond acceptors (Lipinski definition) is 2. The molecule has 0 bridgehead atoms. The first-order chi connectivity index (χ1) is 12.2. The van der Waals surface area contributed by atoms with Gasteiger partial charge in [0.15, 0.2) is 17.5 Å². The summed E-state index contributed by atoms with van der Waals surface area (Å²) < 4.78 is 19.1. The molecule has 2 aromatic rings. The molecule has 0 amide bonds. The molecule has 1 fully saturated rings. The zero-order valence-corrected chi connectivity index (χ0v) is 17.4. The average molecular weight is 469 g/mol. The summed E-state index contributed by atoms with van der Waals surface area (Å²) in [7, 11) is 3.73. The number of hydrogen-bond donors (Lipinski definition) is 1. The number of rotatable bonds is 6. The van der Waals surface area contributed by atoms with Crippen molar-refractivity contribution in [1.29, 1.82) is 0 Å². The van der Waals surface area contributed by atoms with Crippen LogP contribution in [0.3, 0.4) is 0 Å². The van der Waals surface area contributed by atoms with Gasteiger partial charge in [0.1, 0.15) is 6.61 Å². The third kappa shape index (κ3) is 5.33. The summed E-state index contributed by atoms with van der Waals surface area (Å²) in [5.74, 6) is 1.32. The predicted octanol–water partition coefficient (Wildman–Crippen LogP) is 3.89. The lowest BCUT2D eigenvalue weighted by molar-refractivity contribution is 0.270. The number of aliphatic imine (C=N–C) groups is 1. The number of likely N-dealkylation sites (N-methyl/N-ethyl adjacent to an activating group) is 1. The lowest BCUT2D eigenvalue weighted by Gasteiger charge is -2.22. The van der Waals surface area contributed by atoms with Gasteiger partial charge in [-0.1, -0.05) is 42.5 Å². The summed E-state index contributed by atoms with van der Waals surface area (Å²) in [6, 6.07) is 17.4. The fraction of sp³-hybridized carbons (Fsp3) is 0.350. The van der Waals surface area contributed by atoms with E-state index in [1.165, 1.54) is 11.6 Å². The molecule has 6 heteroatoms. The Labute approximate surface area is 171 Å². The maximum atomic E-state index is 13.5. The van der Waals surface area contributed by atoms with E-state index in [4.69, 9.17) is 4.74 Å². The number of para-hydroxylation sites is 1. The van der Waals surface area contributed by atoms with Crippen LogP contribution in [0.5, 0.6) is 5.75 Å². The minimum absolute atomic E-state index is 0. The summed E-state index contributed by atoms with van der Waals surface area (Å²) in [5, 5.41) is 3.50. The van der Waals surface area contributed by atoms with Gasteiger partial charge in [-0.15, -0.1) is 24.0 Å². The highest BCUT2D eigenvalue weighted by Crippen LogP contribution is 2.40. The lowest BCUT2D eigenvalue weighted by atomic mass is 10.1. The van der Waals surface area contributed by atoms with Gasteiger partial charge in [0.05, 0.1) is 6.54 Å². The standard InChI is InChI=1S/C20H24FN3O.HI/c1-22-20(23-18-14-16(18)15-8-4-3-5-9-15)24(2)12-13-25-19-11-7-6-10-17(19)21;/h3-11,16,18H,12-14H2,1-2H3,(H,22,23);1H. The molecule has 2 unspecified atom stereocenters. The number of benzene rings is 2. The topological polar surface area (TPSA) is 36.9 Å². The van der Waals surface area contributed by atoms with E-state index in [0.29, 0.717) is 25.1 Å². The van der Waals surface area contributed by atoms with Gasteiger partial charge in [0.25, 0.3) is 0 Å². The Bertz CT molecular complexity index is 726. The number of nitrogens with zero attached hydrogens (tertiary/aromatic N) is 2. The molecule has 0 spiro atoms. The van der Waals surface area contributed by atoms with Crippen LogP contribution in [0.25, 0.3) is 0 Å². The van der Waals surface area contributed by atoms with E-state index in [1.54, 1.807) is 25.2 Å². The fourth-order valence-electron chi connectivity index (χ4n) is 2.89. The molecule has 1 aliphatic rings. The molecule has 1 saturated carbocycles. The van der Waals surface area contributed by atoms with E-state index in [2.05, 4.69) is 34.6 Å². The highest BCUT2D eigenvalue weighted by atomic mass is 127. The molecule has 3 rings (SSSR count). The average Bonchev–Trinajstić information content (AvgIpc) is 3.41. The molecule has 4 nitrogen and oxygen atoms in total. The first-order valence-electron chi connectivity index (χ1n) is 8.55. The number of nitrogens with one attached hydrogen (secondary N) is 1.